The Morgan fingerprint density at radius 1 is 0.333 bits per heavy atom. The lowest BCUT2D eigenvalue weighted by Gasteiger charge is -2.29. The van der Waals surface area contributed by atoms with Gasteiger partial charge in [-0.1, -0.05) is 140 Å². The van der Waals surface area contributed by atoms with Crippen LogP contribution in [-0.2, 0) is 74.0 Å². The van der Waals surface area contributed by atoms with Crippen molar-refractivity contribution in [1.29, 1.82) is 0 Å². The van der Waals surface area contributed by atoms with E-state index in [0.29, 0.717) is 17.2 Å². The maximum Gasteiger partial charge on any atom is 0.122 e. The molecule has 0 unspecified atom stereocenters. The maximum atomic E-state index is 11.3. The quantitative estimate of drug-likeness (QED) is 0.136. The maximum absolute atomic E-state index is 11.3. The molecular formula is C51H72O3. The molecule has 0 bridgehead atoms. The van der Waals surface area contributed by atoms with Gasteiger partial charge in [-0.2, -0.15) is 0 Å². The van der Waals surface area contributed by atoms with Crippen molar-refractivity contribution in [3.8, 4) is 17.2 Å². The average Bonchev–Trinajstić information content (AvgIpc) is 3.08. The number of rotatable bonds is 12. The Morgan fingerprint density at radius 3 is 0.722 bits per heavy atom. The molecule has 294 valence electrons. The van der Waals surface area contributed by atoms with Crippen LogP contribution in [0.15, 0.2) is 36.4 Å². The molecule has 0 atom stereocenters. The molecule has 0 heterocycles. The van der Waals surface area contributed by atoms with E-state index in [2.05, 4.69) is 140 Å². The van der Waals surface area contributed by atoms with Crippen molar-refractivity contribution in [3.05, 3.63) is 120 Å². The van der Waals surface area contributed by atoms with E-state index < -0.39 is 0 Å². The first-order chi connectivity index (χ1) is 25.1. The molecule has 0 amide bonds. The van der Waals surface area contributed by atoms with Crippen LogP contribution in [0.25, 0.3) is 0 Å². The first-order valence-corrected chi connectivity index (χ1v) is 20.9. The molecule has 3 N–H and O–H groups in total. The van der Waals surface area contributed by atoms with Gasteiger partial charge in [0.05, 0.1) is 0 Å². The van der Waals surface area contributed by atoms with Gasteiger partial charge in [0.2, 0.25) is 0 Å². The zero-order valence-corrected chi connectivity index (χ0v) is 36.7. The highest BCUT2D eigenvalue weighted by Crippen LogP contribution is 2.41. The first kappa shape index (κ1) is 43.0. The lowest BCUT2D eigenvalue weighted by molar-refractivity contribution is 0.440. The summed E-state index contributed by atoms with van der Waals surface area (Å²) < 4.78 is 0. The van der Waals surface area contributed by atoms with Crippen LogP contribution < -0.4 is 0 Å². The molecule has 0 fully saturated rings. The number of phenols is 3. The van der Waals surface area contributed by atoms with E-state index in [-0.39, 0.29) is 16.2 Å². The number of aromatic hydroxyl groups is 3. The molecule has 4 aromatic rings. The van der Waals surface area contributed by atoms with Crippen LogP contribution in [0.4, 0.5) is 0 Å². The second-order valence-corrected chi connectivity index (χ2v) is 18.7. The second-order valence-electron chi connectivity index (χ2n) is 18.7. The molecule has 0 spiro atoms. The Hall–Kier alpha value is -3.72. The summed E-state index contributed by atoms with van der Waals surface area (Å²) in [6, 6.07) is 13.5. The van der Waals surface area contributed by atoms with Gasteiger partial charge in [0.15, 0.2) is 0 Å². The van der Waals surface area contributed by atoms with Gasteiger partial charge in [-0.3, -0.25) is 0 Å². The Kier molecular flexibility index (Phi) is 13.2. The molecule has 0 saturated heterocycles. The van der Waals surface area contributed by atoms with Gasteiger partial charge in [-0.05, 0) is 157 Å². The minimum atomic E-state index is -0.186. The van der Waals surface area contributed by atoms with Crippen molar-refractivity contribution < 1.29 is 15.3 Å². The second kappa shape index (κ2) is 16.6. The number of hydrogen-bond acceptors (Lipinski definition) is 3. The van der Waals surface area contributed by atoms with Crippen molar-refractivity contribution in [3.63, 3.8) is 0 Å². The highest BCUT2D eigenvalue weighted by atomic mass is 16.3. The SMILES string of the molecule is CCc1cc(Cc2c(CC)c(Cc3cc(CC)c(O)c(C(C)(C)C)c3)c(CC)c(Cc3cc(CC)c(O)c(C(C)(C)C)c3)c2CC)cc(C(C)(C)C)c1O. The van der Waals surface area contributed by atoms with E-state index in [1.54, 1.807) is 0 Å². The number of aryl methyl sites for hydroxylation is 3. The summed E-state index contributed by atoms with van der Waals surface area (Å²) in [5.74, 6) is 1.31. The van der Waals surface area contributed by atoms with E-state index in [9.17, 15) is 15.3 Å². The monoisotopic (exact) mass is 733 g/mol. The van der Waals surface area contributed by atoms with Crippen LogP contribution in [0, 0.1) is 0 Å². The molecule has 0 saturated carbocycles. The first-order valence-electron chi connectivity index (χ1n) is 20.9. The summed E-state index contributed by atoms with van der Waals surface area (Å²) >= 11 is 0. The molecule has 0 aliphatic carbocycles. The van der Waals surface area contributed by atoms with Gasteiger partial charge in [0.1, 0.15) is 17.2 Å². The van der Waals surface area contributed by atoms with Gasteiger partial charge < -0.3 is 15.3 Å². The number of hydrogen-bond donors (Lipinski definition) is 3. The van der Waals surface area contributed by atoms with Crippen molar-refractivity contribution in [2.75, 3.05) is 0 Å². The molecule has 3 heteroatoms. The van der Waals surface area contributed by atoms with Crippen molar-refractivity contribution >= 4 is 0 Å². The van der Waals surface area contributed by atoms with E-state index in [1.807, 2.05) is 0 Å². The number of benzene rings is 4. The fourth-order valence-corrected chi connectivity index (χ4v) is 8.74. The molecule has 3 nitrogen and oxygen atoms in total. The topological polar surface area (TPSA) is 60.7 Å². The van der Waals surface area contributed by atoms with Crippen LogP contribution in [-0.4, -0.2) is 15.3 Å². The van der Waals surface area contributed by atoms with Gasteiger partial charge in [0, 0.05) is 0 Å². The average molecular weight is 733 g/mol. The van der Waals surface area contributed by atoms with Gasteiger partial charge in [-0.25, -0.2) is 0 Å². The molecule has 0 aromatic heterocycles. The Labute approximate surface area is 329 Å². The van der Waals surface area contributed by atoms with Gasteiger partial charge in [0.25, 0.3) is 0 Å². The highest BCUT2D eigenvalue weighted by molar-refractivity contribution is 5.59. The predicted octanol–water partition coefficient (Wildman–Crippen LogP) is 12.8. The smallest absolute Gasteiger partial charge is 0.122 e. The third kappa shape index (κ3) is 8.87. The molecule has 4 rings (SSSR count). The summed E-state index contributed by atoms with van der Waals surface area (Å²) in [6.07, 6.45) is 7.53. The molecule has 0 radical (unpaired) electrons. The van der Waals surface area contributed by atoms with Crippen LogP contribution in [0.2, 0.25) is 0 Å². The van der Waals surface area contributed by atoms with Crippen LogP contribution in [0.3, 0.4) is 0 Å². The summed E-state index contributed by atoms with van der Waals surface area (Å²) in [5, 5.41) is 34.0. The summed E-state index contributed by atoms with van der Waals surface area (Å²) in [7, 11) is 0. The van der Waals surface area contributed by atoms with E-state index in [1.165, 1.54) is 50.1 Å². The van der Waals surface area contributed by atoms with E-state index in [0.717, 1.165) is 91.2 Å². The van der Waals surface area contributed by atoms with Crippen LogP contribution in [0.1, 0.15) is 187 Å². The number of phenolic OH excluding ortho intramolecular Hbond substituents is 3. The molecule has 54 heavy (non-hydrogen) atoms. The fourth-order valence-electron chi connectivity index (χ4n) is 8.74. The summed E-state index contributed by atoms with van der Waals surface area (Å²) in [4.78, 5) is 0. The minimum Gasteiger partial charge on any atom is -0.507 e. The Balaban J connectivity index is 2.12. The molecule has 4 aromatic carbocycles. The summed E-state index contributed by atoms with van der Waals surface area (Å²) in [6.45, 7) is 33.0. The zero-order valence-electron chi connectivity index (χ0n) is 36.7. The third-order valence-corrected chi connectivity index (χ3v) is 11.7. The molecule has 0 aliphatic heterocycles. The van der Waals surface area contributed by atoms with Gasteiger partial charge in [-0.15, -0.1) is 0 Å². The minimum absolute atomic E-state index is 0.186. The highest BCUT2D eigenvalue weighted by Gasteiger charge is 2.28. The Bertz CT molecular complexity index is 1720. The predicted molar refractivity (Wildman–Crippen MR) is 232 cm³/mol. The fraction of sp³-hybridized carbons (Fsp3) is 0.529. The van der Waals surface area contributed by atoms with Crippen molar-refractivity contribution in [1.82, 2.24) is 0 Å². The van der Waals surface area contributed by atoms with Crippen molar-refractivity contribution in [2.24, 2.45) is 0 Å². The summed E-state index contributed by atoms with van der Waals surface area (Å²) in [5.41, 5.74) is 17.8. The largest absolute Gasteiger partial charge is 0.507 e. The lowest BCUT2D eigenvalue weighted by atomic mass is 9.76. The van der Waals surface area contributed by atoms with E-state index >= 15 is 0 Å². The van der Waals surface area contributed by atoms with Crippen LogP contribution in [0.5, 0.6) is 17.2 Å². The van der Waals surface area contributed by atoms with Crippen molar-refractivity contribution in [2.45, 2.75) is 178 Å². The molecular weight excluding hydrogens is 661 g/mol. The van der Waals surface area contributed by atoms with E-state index in [4.69, 9.17) is 0 Å². The van der Waals surface area contributed by atoms with Crippen LogP contribution >= 0.6 is 0 Å². The Morgan fingerprint density at radius 2 is 0.556 bits per heavy atom. The third-order valence-electron chi connectivity index (χ3n) is 11.7. The lowest BCUT2D eigenvalue weighted by Crippen LogP contribution is -2.17. The normalized spacial score (nSPS) is 12.5. The molecule has 0 aliphatic rings. The standard InChI is InChI=1S/C51H72O3/c1-16-34-22-31(28-43(46(34)52)49(7,8)9)25-40-37(19-4)41(26-32-23-35(17-2)47(53)44(29-32)50(10,11)12)39(21-6)42(38(40)20-5)27-33-24-36(18-3)48(54)45(30-33)51(13,14)15/h22-24,28-30,52-54H,16-21,25-27H2,1-15H3. The van der Waals surface area contributed by atoms with Gasteiger partial charge >= 0.3 is 0 Å². The zero-order chi connectivity index (χ0) is 40.5.